The van der Waals surface area contributed by atoms with Crippen LogP contribution in [0.5, 0.6) is 5.75 Å². The summed E-state index contributed by atoms with van der Waals surface area (Å²) in [5.74, 6) is 0.883. The molecule has 136 valence electrons. The lowest BCUT2D eigenvalue weighted by molar-refractivity contribution is -0.274. The van der Waals surface area contributed by atoms with Crippen LogP contribution < -0.4 is 10.1 Å². The number of para-hydroxylation sites is 1. The van der Waals surface area contributed by atoms with E-state index in [1.165, 1.54) is 18.2 Å². The number of likely N-dealkylation sites (N-methyl/N-ethyl adjacent to an activating group) is 1. The number of carbonyl (C=O) groups excluding carboxylic acids is 1. The van der Waals surface area contributed by atoms with Crippen molar-refractivity contribution in [2.75, 3.05) is 13.6 Å². The summed E-state index contributed by atoms with van der Waals surface area (Å²) in [7, 11) is 1.75. The van der Waals surface area contributed by atoms with Crippen LogP contribution in [0.4, 0.5) is 13.2 Å². The Morgan fingerprint density at radius 1 is 1.24 bits per heavy atom. The summed E-state index contributed by atoms with van der Waals surface area (Å²) in [6.07, 6.45) is -4.78. The average molecular weight is 356 g/mol. The Labute approximate surface area is 143 Å². The number of aryl methyl sites for hydroxylation is 1. The molecule has 8 heteroatoms. The van der Waals surface area contributed by atoms with Gasteiger partial charge in [0.05, 0.1) is 13.1 Å². The molecule has 1 aromatic carbocycles. The quantitative estimate of drug-likeness (QED) is 0.828. The molecular formula is C17H19F3N2O3. The van der Waals surface area contributed by atoms with Crippen molar-refractivity contribution in [3.8, 4) is 5.75 Å². The summed E-state index contributed by atoms with van der Waals surface area (Å²) in [4.78, 5) is 13.7. The van der Waals surface area contributed by atoms with Crippen molar-refractivity contribution in [2.45, 2.75) is 26.4 Å². The number of benzene rings is 1. The first-order valence-electron chi connectivity index (χ1n) is 7.57. The molecule has 2 rings (SSSR count). The minimum absolute atomic E-state index is 0.0568. The van der Waals surface area contributed by atoms with Gasteiger partial charge in [0.1, 0.15) is 17.3 Å². The third-order valence-corrected chi connectivity index (χ3v) is 3.31. The Morgan fingerprint density at radius 2 is 1.96 bits per heavy atom. The molecule has 0 unspecified atom stereocenters. The third kappa shape index (κ3) is 6.50. The summed E-state index contributed by atoms with van der Waals surface area (Å²) in [6, 6.07) is 9.36. The highest BCUT2D eigenvalue weighted by atomic mass is 19.4. The fraction of sp³-hybridized carbons (Fsp3) is 0.353. The van der Waals surface area contributed by atoms with Gasteiger partial charge in [0.2, 0.25) is 5.91 Å². The zero-order valence-electron chi connectivity index (χ0n) is 13.9. The largest absolute Gasteiger partial charge is 0.573 e. The number of hydrogen-bond donors (Lipinski definition) is 1. The molecule has 0 fully saturated rings. The lowest BCUT2D eigenvalue weighted by atomic mass is 10.2. The van der Waals surface area contributed by atoms with Gasteiger partial charge in [-0.25, -0.2) is 0 Å². The molecule has 5 nitrogen and oxygen atoms in total. The number of hydrogen-bond acceptors (Lipinski definition) is 4. The first kappa shape index (κ1) is 18.9. The summed E-state index contributed by atoms with van der Waals surface area (Å²) in [6.45, 7) is 2.31. The molecule has 0 spiro atoms. The normalized spacial score (nSPS) is 11.6. The number of amides is 1. The zero-order chi connectivity index (χ0) is 18.4. The second kappa shape index (κ2) is 8.06. The Kier molecular flexibility index (Phi) is 6.08. The van der Waals surface area contributed by atoms with E-state index >= 15 is 0 Å². The minimum atomic E-state index is -4.78. The van der Waals surface area contributed by atoms with E-state index in [9.17, 15) is 18.0 Å². The van der Waals surface area contributed by atoms with Crippen LogP contribution in [0.2, 0.25) is 0 Å². The van der Waals surface area contributed by atoms with Crippen LogP contribution in [0.1, 0.15) is 17.1 Å². The number of rotatable bonds is 7. The second-order valence-electron chi connectivity index (χ2n) is 5.62. The molecule has 0 aliphatic heterocycles. The molecule has 0 aliphatic rings. The first-order chi connectivity index (χ1) is 11.7. The van der Waals surface area contributed by atoms with E-state index in [1.54, 1.807) is 18.0 Å². The molecule has 1 N–H and O–H groups in total. The van der Waals surface area contributed by atoms with E-state index < -0.39 is 6.36 Å². The zero-order valence-corrected chi connectivity index (χ0v) is 13.9. The van der Waals surface area contributed by atoms with Gasteiger partial charge in [-0.05, 0) is 32.2 Å². The van der Waals surface area contributed by atoms with E-state index in [2.05, 4.69) is 10.1 Å². The maximum absolute atomic E-state index is 12.4. The number of nitrogens with one attached hydrogen (secondary N) is 1. The average Bonchev–Trinajstić information content (AvgIpc) is 2.89. The first-order valence-corrected chi connectivity index (χ1v) is 7.57. The van der Waals surface area contributed by atoms with Gasteiger partial charge in [0.15, 0.2) is 0 Å². The van der Waals surface area contributed by atoms with Crippen LogP contribution in [0.3, 0.4) is 0 Å². The molecule has 0 saturated heterocycles. The number of furan rings is 1. The topological polar surface area (TPSA) is 54.7 Å². The van der Waals surface area contributed by atoms with Gasteiger partial charge in [-0.3, -0.25) is 9.69 Å². The van der Waals surface area contributed by atoms with E-state index in [4.69, 9.17) is 4.42 Å². The Balaban J connectivity index is 1.85. The summed E-state index contributed by atoms with van der Waals surface area (Å²) in [5, 5.41) is 2.59. The Hall–Kier alpha value is -2.48. The fourth-order valence-corrected chi connectivity index (χ4v) is 2.26. The van der Waals surface area contributed by atoms with Crippen LogP contribution in [-0.2, 0) is 17.9 Å². The van der Waals surface area contributed by atoms with E-state index in [0.717, 1.165) is 11.5 Å². The molecule has 0 aliphatic carbocycles. The van der Waals surface area contributed by atoms with Gasteiger partial charge in [0.25, 0.3) is 0 Å². The molecule has 1 aromatic heterocycles. The SMILES string of the molecule is Cc1ccc(CN(C)CC(=O)NCc2ccccc2OC(F)(F)F)o1. The number of carbonyl (C=O) groups is 1. The minimum Gasteiger partial charge on any atom is -0.465 e. The van der Waals surface area contributed by atoms with Gasteiger partial charge in [-0.1, -0.05) is 18.2 Å². The Bertz CT molecular complexity index is 713. The van der Waals surface area contributed by atoms with Crippen LogP contribution in [0.25, 0.3) is 0 Å². The number of alkyl halides is 3. The Morgan fingerprint density at radius 3 is 2.60 bits per heavy atom. The third-order valence-electron chi connectivity index (χ3n) is 3.31. The van der Waals surface area contributed by atoms with Crippen LogP contribution in [0.15, 0.2) is 40.8 Å². The second-order valence-corrected chi connectivity index (χ2v) is 5.62. The molecule has 2 aromatic rings. The van der Waals surface area contributed by atoms with Crippen molar-refractivity contribution < 1.29 is 27.1 Å². The predicted octanol–water partition coefficient (Wildman–Crippen LogP) is 3.23. The van der Waals surface area contributed by atoms with Crippen molar-refractivity contribution in [3.63, 3.8) is 0 Å². The molecule has 25 heavy (non-hydrogen) atoms. The van der Waals surface area contributed by atoms with E-state index in [-0.39, 0.29) is 30.3 Å². The number of ether oxygens (including phenoxy) is 1. The fourth-order valence-electron chi connectivity index (χ4n) is 2.26. The smallest absolute Gasteiger partial charge is 0.465 e. The maximum Gasteiger partial charge on any atom is 0.573 e. The highest BCUT2D eigenvalue weighted by Crippen LogP contribution is 2.26. The maximum atomic E-state index is 12.4. The van der Waals surface area contributed by atoms with Crippen LogP contribution in [-0.4, -0.2) is 30.8 Å². The van der Waals surface area contributed by atoms with Crippen LogP contribution >= 0.6 is 0 Å². The van der Waals surface area contributed by atoms with E-state index in [1.807, 2.05) is 19.1 Å². The predicted molar refractivity (Wildman–Crippen MR) is 84.8 cm³/mol. The van der Waals surface area contributed by atoms with Crippen molar-refractivity contribution in [1.29, 1.82) is 0 Å². The van der Waals surface area contributed by atoms with E-state index in [0.29, 0.717) is 6.54 Å². The molecule has 0 bridgehead atoms. The molecular weight excluding hydrogens is 337 g/mol. The molecule has 0 saturated carbocycles. The lowest BCUT2D eigenvalue weighted by Crippen LogP contribution is -2.34. The monoisotopic (exact) mass is 356 g/mol. The summed E-state index contributed by atoms with van der Waals surface area (Å²) in [5.41, 5.74) is 0.248. The van der Waals surface area contributed by atoms with Crippen molar-refractivity contribution in [1.82, 2.24) is 10.2 Å². The van der Waals surface area contributed by atoms with Crippen molar-refractivity contribution in [3.05, 3.63) is 53.5 Å². The van der Waals surface area contributed by atoms with Gasteiger partial charge in [-0.15, -0.1) is 13.2 Å². The van der Waals surface area contributed by atoms with Gasteiger partial charge < -0.3 is 14.5 Å². The molecule has 0 radical (unpaired) electrons. The molecule has 0 atom stereocenters. The molecule has 1 amide bonds. The standard InChI is InChI=1S/C17H19F3N2O3/c1-12-7-8-14(24-12)10-22(2)11-16(23)21-9-13-5-3-4-6-15(13)25-17(18,19)20/h3-8H,9-11H2,1-2H3,(H,21,23). The summed E-state index contributed by atoms with van der Waals surface area (Å²) >= 11 is 0. The lowest BCUT2D eigenvalue weighted by Gasteiger charge is -2.16. The van der Waals surface area contributed by atoms with Crippen molar-refractivity contribution >= 4 is 5.91 Å². The highest BCUT2D eigenvalue weighted by molar-refractivity contribution is 5.78. The highest BCUT2D eigenvalue weighted by Gasteiger charge is 2.31. The van der Waals surface area contributed by atoms with Crippen molar-refractivity contribution in [2.24, 2.45) is 0 Å². The number of halogens is 3. The van der Waals surface area contributed by atoms with Gasteiger partial charge in [0, 0.05) is 12.1 Å². The van der Waals surface area contributed by atoms with Gasteiger partial charge >= 0.3 is 6.36 Å². The number of nitrogens with zero attached hydrogens (tertiary/aromatic N) is 1. The summed E-state index contributed by atoms with van der Waals surface area (Å²) < 4.78 is 46.5. The van der Waals surface area contributed by atoms with Crippen LogP contribution in [0, 0.1) is 6.92 Å². The molecule has 1 heterocycles. The van der Waals surface area contributed by atoms with Gasteiger partial charge in [-0.2, -0.15) is 0 Å².